The third-order valence-electron chi connectivity index (χ3n) is 0.771. The number of aliphatic hydroxyl groups excluding tert-OH is 1. The Morgan fingerprint density at radius 2 is 1.45 bits per heavy atom. The fourth-order valence-corrected chi connectivity index (χ4v) is 0.300. The molecule has 0 saturated heterocycles. The SMILES string of the molecule is Br[As](Br)Br.C[N+](C)(C)CCO. The summed E-state index contributed by atoms with van der Waals surface area (Å²) in [4.78, 5) is 0. The first kappa shape index (κ1) is 15.4. The molecule has 11 heavy (non-hydrogen) atoms. The number of halogens is 3. The van der Waals surface area contributed by atoms with Gasteiger partial charge in [-0.2, -0.15) is 0 Å². The second-order valence-corrected chi connectivity index (χ2v) is 29.6. The van der Waals surface area contributed by atoms with Crippen molar-refractivity contribution in [2.24, 2.45) is 0 Å². The molecule has 0 aliphatic heterocycles. The second-order valence-electron chi connectivity index (χ2n) is 2.93. The van der Waals surface area contributed by atoms with Crippen LogP contribution >= 0.6 is 41.8 Å². The molecule has 1 N–H and O–H groups in total. The summed E-state index contributed by atoms with van der Waals surface area (Å²) in [5, 5.41) is 8.39. The molecule has 0 radical (unpaired) electrons. The maximum absolute atomic E-state index is 8.39. The molecule has 0 aromatic rings. The molecule has 0 aromatic carbocycles. The van der Waals surface area contributed by atoms with E-state index in [0.717, 1.165) is 11.0 Å². The monoisotopic (exact) mass is 416 g/mol. The Morgan fingerprint density at radius 1 is 1.18 bits per heavy atom. The normalized spacial score (nSPS) is 10.9. The number of aliphatic hydroxyl groups is 1. The number of nitrogens with zero attached hydrogens (tertiary/aromatic N) is 1. The zero-order valence-corrected chi connectivity index (χ0v) is 13.5. The van der Waals surface area contributed by atoms with E-state index in [2.05, 4.69) is 62.9 Å². The van der Waals surface area contributed by atoms with Gasteiger partial charge >= 0.3 is 50.9 Å². The predicted molar refractivity (Wildman–Crippen MR) is 62.5 cm³/mol. The van der Waals surface area contributed by atoms with E-state index >= 15 is 0 Å². The van der Waals surface area contributed by atoms with E-state index in [-0.39, 0.29) is 6.61 Å². The minimum absolute atomic E-state index is 0.281. The molecule has 0 heterocycles. The molecular weight excluding hydrogens is 405 g/mol. The van der Waals surface area contributed by atoms with Crippen molar-refractivity contribution in [3.63, 3.8) is 0 Å². The first-order valence-electron chi connectivity index (χ1n) is 2.98. The van der Waals surface area contributed by atoms with Crippen molar-refractivity contribution >= 4 is 50.9 Å². The van der Waals surface area contributed by atoms with Crippen molar-refractivity contribution in [1.82, 2.24) is 0 Å². The number of hydrogen-bond donors (Lipinski definition) is 1. The Bertz CT molecular complexity index is 83.5. The second kappa shape index (κ2) is 8.51. The third-order valence-corrected chi connectivity index (χ3v) is 0.771. The van der Waals surface area contributed by atoms with Gasteiger partial charge in [0.25, 0.3) is 0 Å². The largest absolute Gasteiger partial charge is 0.391 e. The van der Waals surface area contributed by atoms with E-state index in [4.69, 9.17) is 5.11 Å². The molecule has 0 saturated carbocycles. The van der Waals surface area contributed by atoms with Crippen molar-refractivity contribution in [2.75, 3.05) is 34.3 Å². The van der Waals surface area contributed by atoms with Gasteiger partial charge in [0.15, 0.2) is 0 Å². The van der Waals surface area contributed by atoms with Gasteiger partial charge in [-0.05, 0) is 0 Å². The zero-order chi connectivity index (χ0) is 9.49. The molecule has 0 spiro atoms. The molecule has 6 heteroatoms. The Morgan fingerprint density at radius 3 is 1.45 bits per heavy atom. The van der Waals surface area contributed by atoms with Crippen LogP contribution in [0.3, 0.4) is 0 Å². The topological polar surface area (TPSA) is 20.2 Å². The average Bonchev–Trinajstić information content (AvgIpc) is 1.58. The average molecular weight is 419 g/mol. The van der Waals surface area contributed by atoms with Gasteiger partial charge in [0.2, 0.25) is 0 Å². The van der Waals surface area contributed by atoms with Crippen LogP contribution in [0.5, 0.6) is 0 Å². The predicted octanol–water partition coefficient (Wildman–Crippen LogP) is 1.84. The number of hydrogen-bond acceptors (Lipinski definition) is 1. The van der Waals surface area contributed by atoms with Crippen molar-refractivity contribution in [3.05, 3.63) is 0 Å². The smallest absolute Gasteiger partial charge is 0.101 e. The maximum Gasteiger partial charge on any atom is 0.101 e. The van der Waals surface area contributed by atoms with Gasteiger partial charge < -0.3 is 9.59 Å². The van der Waals surface area contributed by atoms with Crippen LogP contribution in [0.25, 0.3) is 0 Å². The first-order chi connectivity index (χ1) is 4.79. The van der Waals surface area contributed by atoms with Crippen LogP contribution < -0.4 is 0 Å². The van der Waals surface area contributed by atoms with Crippen molar-refractivity contribution in [2.45, 2.75) is 0 Å². The molecule has 0 amide bonds. The standard InChI is InChI=1S/C5H14NO.AsBr3/c1-6(2,3)4-5-7;2-1(3)4/h7H,4-5H2,1-3H3;/q+1;. The van der Waals surface area contributed by atoms with Gasteiger partial charge in [0.1, 0.15) is 6.54 Å². The van der Waals surface area contributed by atoms with Gasteiger partial charge in [-0.3, -0.25) is 0 Å². The summed E-state index contributed by atoms with van der Waals surface area (Å²) in [6.07, 6.45) is 0. The van der Waals surface area contributed by atoms with Crippen molar-refractivity contribution < 1.29 is 9.59 Å². The van der Waals surface area contributed by atoms with Crippen LogP contribution in [-0.4, -0.2) is 52.9 Å². The summed E-state index contributed by atoms with van der Waals surface area (Å²) >= 11 is 9.75. The molecule has 0 rings (SSSR count). The minimum atomic E-state index is -0.750. The molecule has 0 fully saturated rings. The zero-order valence-electron chi connectivity index (χ0n) is 6.89. The Hall–Kier alpha value is 1.92. The molecule has 2 nitrogen and oxygen atoms in total. The maximum atomic E-state index is 8.39. The molecule has 0 aliphatic rings. The van der Waals surface area contributed by atoms with Crippen LogP contribution in [0.1, 0.15) is 0 Å². The molecule has 70 valence electrons. The van der Waals surface area contributed by atoms with Crippen LogP contribution in [0.4, 0.5) is 0 Å². The molecule has 0 unspecified atom stereocenters. The van der Waals surface area contributed by atoms with Crippen LogP contribution in [0.15, 0.2) is 0 Å². The Kier molecular flexibility index (Phi) is 11.9. The van der Waals surface area contributed by atoms with Gasteiger partial charge in [0, 0.05) is 0 Å². The van der Waals surface area contributed by atoms with E-state index in [1.807, 2.05) is 0 Å². The van der Waals surface area contributed by atoms with E-state index in [0.29, 0.717) is 0 Å². The van der Waals surface area contributed by atoms with Gasteiger partial charge in [-0.25, -0.2) is 0 Å². The molecule has 0 bridgehead atoms. The van der Waals surface area contributed by atoms with E-state index in [1.54, 1.807) is 0 Å². The summed E-state index contributed by atoms with van der Waals surface area (Å²) < 4.78 is 0.844. The summed E-state index contributed by atoms with van der Waals surface area (Å²) in [5.41, 5.74) is 0. The number of likely N-dealkylation sites (N-methyl/N-ethyl adjacent to an activating group) is 1. The van der Waals surface area contributed by atoms with E-state index in [9.17, 15) is 0 Å². The van der Waals surface area contributed by atoms with Crippen LogP contribution in [-0.2, 0) is 0 Å². The molecular formula is C5H14AsBr3NO+. The quantitative estimate of drug-likeness (QED) is 0.536. The number of quaternary nitrogens is 1. The van der Waals surface area contributed by atoms with Gasteiger partial charge in [-0.1, -0.05) is 0 Å². The fourth-order valence-electron chi connectivity index (χ4n) is 0.300. The summed E-state index contributed by atoms with van der Waals surface area (Å²) in [6.45, 7) is 1.11. The van der Waals surface area contributed by atoms with Crippen LogP contribution in [0.2, 0.25) is 0 Å². The van der Waals surface area contributed by atoms with Crippen molar-refractivity contribution in [1.29, 1.82) is 0 Å². The van der Waals surface area contributed by atoms with E-state index < -0.39 is 9.06 Å². The molecule has 0 atom stereocenters. The Balaban J connectivity index is 0. The Labute approximate surface area is 93.9 Å². The van der Waals surface area contributed by atoms with Crippen LogP contribution in [0, 0.1) is 0 Å². The van der Waals surface area contributed by atoms with Crippen molar-refractivity contribution in [3.8, 4) is 0 Å². The summed E-state index contributed by atoms with van der Waals surface area (Å²) in [5.74, 6) is 0. The molecule has 0 aromatic heterocycles. The minimum Gasteiger partial charge on any atom is -0.391 e. The van der Waals surface area contributed by atoms with Gasteiger partial charge in [-0.15, -0.1) is 0 Å². The first-order valence-corrected chi connectivity index (χ1v) is 16.2. The summed E-state index contributed by atoms with van der Waals surface area (Å²) in [6, 6.07) is 0. The van der Waals surface area contributed by atoms with Gasteiger partial charge in [0.05, 0.1) is 27.7 Å². The van der Waals surface area contributed by atoms with E-state index in [1.165, 1.54) is 0 Å². The summed E-state index contributed by atoms with van der Waals surface area (Å²) in [7, 11) is 5.41. The third kappa shape index (κ3) is 33.5. The fraction of sp³-hybridized carbons (Fsp3) is 1.00. The molecule has 0 aliphatic carbocycles. The number of rotatable bonds is 2.